The Bertz CT molecular complexity index is 966. The van der Waals surface area contributed by atoms with Gasteiger partial charge in [0.25, 0.3) is 0 Å². The first kappa shape index (κ1) is 26.0. The molecule has 0 saturated heterocycles. The van der Waals surface area contributed by atoms with Crippen LogP contribution in [0.1, 0.15) is 125 Å². The first-order chi connectivity index (χ1) is 16.7. The van der Waals surface area contributed by atoms with E-state index in [0.717, 1.165) is 41.9 Å². The summed E-state index contributed by atoms with van der Waals surface area (Å²) in [5, 5.41) is 20.0. The fourth-order valence-corrected chi connectivity index (χ4v) is 5.66. The molecule has 0 bridgehead atoms. The van der Waals surface area contributed by atoms with Crippen molar-refractivity contribution in [2.45, 2.75) is 110 Å². The summed E-state index contributed by atoms with van der Waals surface area (Å²) in [4.78, 5) is 0. The quantitative estimate of drug-likeness (QED) is 0.300. The first-order valence-electron chi connectivity index (χ1n) is 13.8. The number of aryl methyl sites for hydroxylation is 1. The highest BCUT2D eigenvalue weighted by atomic mass is 14.3. The molecule has 0 heterocycles. The van der Waals surface area contributed by atoms with E-state index >= 15 is 0 Å². The van der Waals surface area contributed by atoms with Gasteiger partial charge in [-0.25, -0.2) is 0 Å². The van der Waals surface area contributed by atoms with Gasteiger partial charge in [-0.05, 0) is 67.1 Å². The highest BCUT2D eigenvalue weighted by molar-refractivity contribution is 5.75. The largest absolute Gasteiger partial charge is 0.192 e. The summed E-state index contributed by atoms with van der Waals surface area (Å²) in [6, 6.07) is 17.6. The molecule has 0 atom stereocenters. The molecular formula is C32H42N2. The van der Waals surface area contributed by atoms with Crippen LogP contribution in [0.5, 0.6) is 0 Å². The first-order valence-corrected chi connectivity index (χ1v) is 13.8. The van der Waals surface area contributed by atoms with E-state index in [2.05, 4.69) is 62.4 Å². The highest BCUT2D eigenvalue weighted by Gasteiger charge is 2.26. The molecular weight excluding hydrogens is 412 g/mol. The Morgan fingerprint density at radius 2 is 1.35 bits per heavy atom. The molecule has 3 rings (SSSR count). The summed E-state index contributed by atoms with van der Waals surface area (Å²) < 4.78 is 0. The van der Waals surface area contributed by atoms with Crippen LogP contribution in [0.4, 0.5) is 0 Å². The van der Waals surface area contributed by atoms with Gasteiger partial charge in [-0.3, -0.25) is 0 Å². The number of rotatable bonds is 12. The molecule has 2 aromatic carbocycles. The van der Waals surface area contributed by atoms with Gasteiger partial charge in [0.05, 0.1) is 11.1 Å². The molecule has 1 aliphatic rings. The average molecular weight is 455 g/mol. The van der Waals surface area contributed by atoms with Crippen molar-refractivity contribution in [2.75, 3.05) is 0 Å². The van der Waals surface area contributed by atoms with Crippen LogP contribution < -0.4 is 0 Å². The monoisotopic (exact) mass is 454 g/mol. The third-order valence-electron chi connectivity index (χ3n) is 7.80. The van der Waals surface area contributed by atoms with Crippen LogP contribution in [0.3, 0.4) is 0 Å². The number of nitriles is 2. The summed E-state index contributed by atoms with van der Waals surface area (Å²) in [5.74, 6) is 1.25. The van der Waals surface area contributed by atoms with Crippen molar-refractivity contribution >= 4 is 0 Å². The van der Waals surface area contributed by atoms with Crippen molar-refractivity contribution in [1.82, 2.24) is 0 Å². The predicted molar refractivity (Wildman–Crippen MR) is 143 cm³/mol. The van der Waals surface area contributed by atoms with E-state index in [4.69, 9.17) is 0 Å². The Hall–Kier alpha value is -2.58. The van der Waals surface area contributed by atoms with E-state index in [1.807, 2.05) is 0 Å². The van der Waals surface area contributed by atoms with Gasteiger partial charge >= 0.3 is 0 Å². The van der Waals surface area contributed by atoms with Gasteiger partial charge in [-0.15, -0.1) is 0 Å². The van der Waals surface area contributed by atoms with Gasteiger partial charge in [0, 0.05) is 5.56 Å². The molecule has 34 heavy (non-hydrogen) atoms. The summed E-state index contributed by atoms with van der Waals surface area (Å²) in [5.41, 5.74) is 5.52. The maximum Gasteiger partial charge on any atom is 0.101 e. The smallest absolute Gasteiger partial charge is 0.101 e. The van der Waals surface area contributed by atoms with Crippen molar-refractivity contribution in [3.63, 3.8) is 0 Å². The molecule has 0 unspecified atom stereocenters. The van der Waals surface area contributed by atoms with E-state index < -0.39 is 0 Å². The van der Waals surface area contributed by atoms with Crippen LogP contribution in [0.15, 0.2) is 36.4 Å². The molecule has 0 aliphatic heterocycles. The molecule has 0 spiro atoms. The lowest BCUT2D eigenvalue weighted by atomic mass is 9.75. The topological polar surface area (TPSA) is 47.6 Å². The van der Waals surface area contributed by atoms with Gasteiger partial charge in [0.1, 0.15) is 12.1 Å². The van der Waals surface area contributed by atoms with E-state index in [9.17, 15) is 10.5 Å². The zero-order chi connectivity index (χ0) is 24.2. The van der Waals surface area contributed by atoms with Crippen LogP contribution in [-0.2, 0) is 6.42 Å². The molecule has 1 aliphatic carbocycles. The second-order valence-electron chi connectivity index (χ2n) is 10.3. The molecule has 0 radical (unpaired) electrons. The lowest BCUT2D eigenvalue weighted by molar-refractivity contribution is 0.301. The van der Waals surface area contributed by atoms with Crippen LogP contribution in [-0.4, -0.2) is 0 Å². The minimum Gasteiger partial charge on any atom is -0.192 e. The molecule has 0 N–H and O–H groups in total. The summed E-state index contributed by atoms with van der Waals surface area (Å²) >= 11 is 0. The van der Waals surface area contributed by atoms with Gasteiger partial charge < -0.3 is 0 Å². The Labute approximate surface area is 208 Å². The maximum atomic E-state index is 10.0. The van der Waals surface area contributed by atoms with E-state index in [-0.39, 0.29) is 0 Å². The average Bonchev–Trinajstić information content (AvgIpc) is 2.88. The molecule has 2 nitrogen and oxygen atoms in total. The lowest BCUT2D eigenvalue weighted by Crippen LogP contribution is -2.15. The van der Waals surface area contributed by atoms with Crippen molar-refractivity contribution in [3.8, 4) is 23.3 Å². The number of nitrogens with zero attached hydrogens (tertiary/aromatic N) is 2. The van der Waals surface area contributed by atoms with E-state index in [1.165, 1.54) is 76.2 Å². The maximum absolute atomic E-state index is 10.0. The molecule has 1 fully saturated rings. The van der Waals surface area contributed by atoms with E-state index in [0.29, 0.717) is 17.0 Å². The molecule has 0 aromatic heterocycles. The van der Waals surface area contributed by atoms with Gasteiger partial charge in [-0.2, -0.15) is 10.5 Å². The Kier molecular flexibility index (Phi) is 10.7. The standard InChI is InChI=1S/C32H42N2/c1-3-5-7-8-10-12-26-15-19-28(20-16-26)30-22-21-29(31(23-33)32(30)24-34)27-17-13-25(14-18-27)11-9-6-4-2/h13-14,17-18,21-22,26,28H,3-12,15-16,19-20H2,1-2H3/t26-,28-. The third kappa shape index (κ3) is 6.96. The minimum absolute atomic E-state index is 0.410. The van der Waals surface area contributed by atoms with E-state index in [1.54, 1.807) is 0 Å². The zero-order valence-electron chi connectivity index (χ0n) is 21.4. The molecule has 0 amide bonds. The fraction of sp³-hybridized carbons (Fsp3) is 0.562. The number of hydrogen-bond acceptors (Lipinski definition) is 2. The Morgan fingerprint density at radius 3 is 2.00 bits per heavy atom. The number of unbranched alkanes of at least 4 members (excludes halogenated alkanes) is 6. The van der Waals surface area contributed by atoms with Crippen molar-refractivity contribution < 1.29 is 0 Å². The number of hydrogen-bond donors (Lipinski definition) is 0. The summed E-state index contributed by atoms with van der Waals surface area (Å²) in [6.07, 6.45) is 17.8. The minimum atomic E-state index is 0.410. The SMILES string of the molecule is CCCCCCC[C@H]1CC[C@H](c2ccc(-c3ccc(CCCCC)cc3)c(C#N)c2C#N)CC1. The summed E-state index contributed by atoms with van der Waals surface area (Å²) in [7, 11) is 0. The van der Waals surface area contributed by atoms with Gasteiger partial charge in [-0.1, -0.05) is 102 Å². The molecule has 2 heteroatoms. The lowest BCUT2D eigenvalue weighted by Gasteiger charge is -2.29. The van der Waals surface area contributed by atoms with Gasteiger partial charge in [0.2, 0.25) is 0 Å². The summed E-state index contributed by atoms with van der Waals surface area (Å²) in [6.45, 7) is 4.50. The van der Waals surface area contributed by atoms with Crippen LogP contribution in [0.25, 0.3) is 11.1 Å². The Morgan fingerprint density at radius 1 is 0.706 bits per heavy atom. The second kappa shape index (κ2) is 14.0. The zero-order valence-corrected chi connectivity index (χ0v) is 21.4. The van der Waals surface area contributed by atoms with Crippen molar-refractivity contribution in [2.24, 2.45) is 5.92 Å². The molecule has 180 valence electrons. The Balaban J connectivity index is 1.68. The highest BCUT2D eigenvalue weighted by Crippen LogP contribution is 2.41. The third-order valence-corrected chi connectivity index (χ3v) is 7.80. The molecule has 1 saturated carbocycles. The predicted octanol–water partition coefficient (Wildman–Crippen LogP) is 9.46. The fourth-order valence-electron chi connectivity index (χ4n) is 5.66. The van der Waals surface area contributed by atoms with Crippen LogP contribution in [0.2, 0.25) is 0 Å². The van der Waals surface area contributed by atoms with Crippen LogP contribution >= 0.6 is 0 Å². The number of benzene rings is 2. The normalized spacial score (nSPS) is 17.8. The van der Waals surface area contributed by atoms with Crippen molar-refractivity contribution in [3.05, 3.63) is 58.7 Å². The molecule has 2 aromatic rings. The van der Waals surface area contributed by atoms with Crippen molar-refractivity contribution in [1.29, 1.82) is 10.5 Å². The second-order valence-corrected chi connectivity index (χ2v) is 10.3. The van der Waals surface area contributed by atoms with Crippen LogP contribution in [0, 0.1) is 28.6 Å². The van der Waals surface area contributed by atoms with Gasteiger partial charge in [0.15, 0.2) is 0 Å².